The number of rotatable bonds is 18. The number of phenols is 12. The Morgan fingerprint density at radius 1 is 0.138 bits per heavy atom. The minimum atomic E-state index is -0.227. The van der Waals surface area contributed by atoms with E-state index in [-0.39, 0.29) is 35.5 Å². The van der Waals surface area contributed by atoms with Crippen LogP contribution in [-0.2, 0) is 0 Å². The van der Waals surface area contributed by atoms with Crippen LogP contribution in [0.2, 0.25) is 0 Å². The van der Waals surface area contributed by atoms with Crippen molar-refractivity contribution in [1.82, 2.24) is 0 Å². The Morgan fingerprint density at radius 3 is 0.428 bits per heavy atom. The highest BCUT2D eigenvalue weighted by Crippen LogP contribution is 2.54. The predicted molar refractivity (Wildman–Crippen MR) is 596 cm³/mol. The Morgan fingerprint density at radius 2 is 0.269 bits per heavy atom. The van der Waals surface area contributed by atoms with Crippen LogP contribution in [0.1, 0.15) is 269 Å². The molecule has 18 aromatic carbocycles. The Bertz CT molecular complexity index is 7240. The summed E-state index contributed by atoms with van der Waals surface area (Å²) >= 11 is 3.96. The molecular formula is C132H131BrO12. The first kappa shape index (κ1) is 103. The van der Waals surface area contributed by atoms with E-state index in [9.17, 15) is 61.3 Å². The van der Waals surface area contributed by atoms with Crippen LogP contribution < -0.4 is 0 Å². The summed E-state index contributed by atoms with van der Waals surface area (Å²) in [6.07, 6.45) is 0. The summed E-state index contributed by atoms with van der Waals surface area (Å²) < 4.78 is 0.932. The minimum Gasteiger partial charge on any atom is -0.507 e. The second-order valence-electron chi connectivity index (χ2n) is 41.1. The maximum atomic E-state index is 10.9. The van der Waals surface area contributed by atoms with E-state index >= 15 is 0 Å². The van der Waals surface area contributed by atoms with Crippen molar-refractivity contribution in [1.29, 1.82) is 0 Å². The molecule has 0 bridgehead atoms. The number of aromatic hydroxyl groups is 12. The van der Waals surface area contributed by atoms with Crippen LogP contribution in [0, 0.1) is 166 Å². The van der Waals surface area contributed by atoms with Crippen LogP contribution in [0.3, 0.4) is 0 Å². The highest BCUT2D eigenvalue weighted by Gasteiger charge is 2.35. The largest absolute Gasteiger partial charge is 0.507 e. The van der Waals surface area contributed by atoms with E-state index in [1.165, 1.54) is 0 Å². The van der Waals surface area contributed by atoms with Crippen molar-refractivity contribution in [2.45, 2.75) is 202 Å². The topological polar surface area (TPSA) is 243 Å². The molecule has 0 amide bonds. The van der Waals surface area contributed by atoms with E-state index in [0.29, 0.717) is 69.0 Å². The van der Waals surface area contributed by atoms with E-state index in [0.717, 1.165) is 270 Å². The monoisotopic (exact) mass is 1990 g/mol. The highest BCUT2D eigenvalue weighted by atomic mass is 79.9. The number of hydrogen-bond donors (Lipinski definition) is 12. The van der Waals surface area contributed by atoms with E-state index in [1.54, 1.807) is 0 Å². The summed E-state index contributed by atoms with van der Waals surface area (Å²) in [7, 11) is 0. The van der Waals surface area contributed by atoms with Gasteiger partial charge in [0.1, 0.15) is 69.0 Å². The van der Waals surface area contributed by atoms with Crippen molar-refractivity contribution in [3.63, 3.8) is 0 Å². The van der Waals surface area contributed by atoms with Gasteiger partial charge in [0.15, 0.2) is 0 Å². The van der Waals surface area contributed by atoms with Crippen LogP contribution in [0.15, 0.2) is 253 Å². The molecule has 0 unspecified atom stereocenters. The fraction of sp³-hybridized carbons (Fsp3) is 0.227. The molecule has 0 aromatic heterocycles. The van der Waals surface area contributed by atoms with E-state index < -0.39 is 0 Å². The molecule has 0 atom stereocenters. The van der Waals surface area contributed by atoms with E-state index in [2.05, 4.69) is 216 Å². The molecule has 145 heavy (non-hydrogen) atoms. The molecule has 0 aliphatic carbocycles. The normalized spacial score (nSPS) is 11.6. The summed E-state index contributed by atoms with van der Waals surface area (Å²) in [4.78, 5) is 0. The van der Waals surface area contributed by atoms with Crippen molar-refractivity contribution in [2.24, 2.45) is 0 Å². The fourth-order valence-electron chi connectivity index (χ4n) is 22.8. The standard InChI is InChI=1S/C48H46O4.C44H44O4.C40H41BrO4/c1-25-17-33(18-26(2)45(25)49)41(34-19-27(3)46(50)28(4)20-34)43-37-13-9-11-15-39(37)44(40-16-12-10-14-38(40)43)42(35-21-29(5)47(51)30(6)22-35)36-23-31(7)48(52)32(8)24-36;1-23-15-31(16-24(2)41(23)45)39(32-17-25(3)42(46)26(4)18-32)37-13-14-38(36-12-10-9-11-35(36)37)40(33-19-27(5)43(47)28(6)20-33)34-21-29(7)44(48)30(8)22-34;1-20-11-29(12-21(2)37(20)42)35(30-13-22(3)38(43)23(4)14-30)28-9-10-33(34(41)19-28)36(31-15-24(5)39(44)25(6)16-31)32-17-26(7)40(45)27(8)18-32/h9-24,41-42,49-52H,1-8H3;9-22,39-40,45-48H,1-8H3;9-19,35-36,42-45H,1-8H3. The first-order chi connectivity index (χ1) is 68.7. The average molecular weight is 1990 g/mol. The second kappa shape index (κ2) is 40.9. The van der Waals surface area contributed by atoms with Gasteiger partial charge in [-0.05, 0) is 438 Å². The van der Waals surface area contributed by atoms with Gasteiger partial charge in [-0.3, -0.25) is 0 Å². The zero-order valence-corrected chi connectivity index (χ0v) is 89.0. The molecule has 0 heterocycles. The lowest BCUT2D eigenvalue weighted by Gasteiger charge is -2.29. The first-order valence-electron chi connectivity index (χ1n) is 49.6. The van der Waals surface area contributed by atoms with Crippen LogP contribution >= 0.6 is 15.9 Å². The Kier molecular flexibility index (Phi) is 29.0. The molecule has 18 rings (SSSR count). The van der Waals surface area contributed by atoms with Gasteiger partial charge >= 0.3 is 0 Å². The van der Waals surface area contributed by atoms with Crippen molar-refractivity contribution < 1.29 is 61.3 Å². The number of benzene rings is 18. The number of phenolic OH excluding ortho intramolecular Hbond substituents is 12. The molecule has 0 saturated heterocycles. The summed E-state index contributed by atoms with van der Waals surface area (Å²) in [6, 6.07) is 86.3. The lowest BCUT2D eigenvalue weighted by molar-refractivity contribution is 0.465. The Hall–Kier alpha value is -15.2. The quantitative estimate of drug-likeness (QED) is 0.0284. The van der Waals surface area contributed by atoms with Crippen molar-refractivity contribution >= 4 is 48.2 Å². The third-order valence-corrected chi connectivity index (χ3v) is 30.7. The van der Waals surface area contributed by atoms with Crippen molar-refractivity contribution in [2.75, 3.05) is 0 Å². The maximum absolute atomic E-state index is 10.9. The lowest BCUT2D eigenvalue weighted by Crippen LogP contribution is -2.11. The Labute approximate surface area is 861 Å². The molecule has 0 saturated carbocycles. The summed E-state index contributed by atoms with van der Waals surface area (Å²) in [5, 5.41) is 135. The van der Waals surface area contributed by atoms with Gasteiger partial charge in [0.2, 0.25) is 0 Å². The second-order valence-corrected chi connectivity index (χ2v) is 42.0. The van der Waals surface area contributed by atoms with Crippen LogP contribution in [0.4, 0.5) is 0 Å². The molecule has 0 aliphatic rings. The molecule has 13 heteroatoms. The van der Waals surface area contributed by atoms with Gasteiger partial charge in [-0.25, -0.2) is 0 Å². The summed E-state index contributed by atoms with van der Waals surface area (Å²) in [5.41, 5.74) is 38.9. The van der Waals surface area contributed by atoms with E-state index in [4.69, 9.17) is 0 Å². The Balaban J connectivity index is 0.000000156. The van der Waals surface area contributed by atoms with Gasteiger partial charge in [0, 0.05) is 40.0 Å². The SMILES string of the molecule is Cc1cc(C(c2cc(C)c(O)c(C)c2)c2c3ccccc3c(C(c3cc(C)c(O)c(C)c3)c3cc(C)c(O)c(C)c3)c3ccccc23)cc(C)c1O.Cc1cc(C(c2cc(C)c(O)c(C)c2)c2ccc(C(c3cc(C)c(O)c(C)c3)c3cc(C)c(O)c(C)c3)c(Br)c2)cc(C)c1O.Cc1cc(C(c2cc(C)c(O)c(C)c2)c2ccc(C(c3cc(C)c(O)c(C)c3)c3cc(C)c(O)c(C)c3)c3ccccc23)cc(C)c1O. The molecule has 0 spiro atoms. The first-order valence-corrected chi connectivity index (χ1v) is 50.3. The molecule has 0 aliphatic heterocycles. The molecule has 0 radical (unpaired) electrons. The molecule has 12 N–H and O–H groups in total. The zero-order chi connectivity index (χ0) is 105. The van der Waals surface area contributed by atoms with Crippen molar-refractivity contribution in [3.8, 4) is 69.0 Å². The fourth-order valence-corrected chi connectivity index (χ4v) is 23.4. The van der Waals surface area contributed by atoms with E-state index in [1.807, 2.05) is 215 Å². The molecule has 18 aromatic rings. The summed E-state index contributed by atoms with van der Waals surface area (Å²) in [6.45, 7) is 46.4. The number of aryl methyl sites for hydroxylation is 24. The molecule has 12 nitrogen and oxygen atoms in total. The molecule has 0 fully saturated rings. The third kappa shape index (κ3) is 19.8. The molecule has 738 valence electrons. The molecular weight excluding hydrogens is 1860 g/mol. The van der Waals surface area contributed by atoms with Crippen LogP contribution in [-0.4, -0.2) is 61.3 Å². The van der Waals surface area contributed by atoms with Gasteiger partial charge in [0.25, 0.3) is 0 Å². The van der Waals surface area contributed by atoms with Crippen LogP contribution in [0.5, 0.6) is 69.0 Å². The predicted octanol–water partition coefficient (Wildman–Crippen LogP) is 32.2. The average Bonchev–Trinajstić information content (AvgIpc) is 0.715. The van der Waals surface area contributed by atoms with Crippen LogP contribution in [0.25, 0.3) is 32.3 Å². The maximum Gasteiger partial charge on any atom is 0.121 e. The third-order valence-electron chi connectivity index (χ3n) is 30.0. The zero-order valence-electron chi connectivity index (χ0n) is 87.4. The summed E-state index contributed by atoms with van der Waals surface area (Å²) in [5.74, 6) is 2.49. The number of fused-ring (bicyclic) bond motifs is 3. The van der Waals surface area contributed by atoms with Gasteiger partial charge in [-0.1, -0.05) is 259 Å². The number of hydrogen-bond acceptors (Lipinski definition) is 12. The van der Waals surface area contributed by atoms with Gasteiger partial charge < -0.3 is 61.3 Å². The number of halogens is 1. The van der Waals surface area contributed by atoms with Crippen molar-refractivity contribution in [3.05, 3.63) is 487 Å². The van der Waals surface area contributed by atoms with Gasteiger partial charge in [0.05, 0.1) is 0 Å². The lowest BCUT2D eigenvalue weighted by atomic mass is 9.74. The van der Waals surface area contributed by atoms with Gasteiger partial charge in [-0.2, -0.15) is 0 Å². The van der Waals surface area contributed by atoms with Gasteiger partial charge in [-0.15, -0.1) is 0 Å². The minimum absolute atomic E-state index is 0.152. The smallest absolute Gasteiger partial charge is 0.121 e. The highest BCUT2D eigenvalue weighted by molar-refractivity contribution is 9.10.